The lowest BCUT2D eigenvalue weighted by atomic mass is 9.96. The minimum atomic E-state index is -5.08. The Balaban J connectivity index is 0.000000697. The van der Waals surface area contributed by atoms with Crippen LogP contribution in [0.25, 0.3) is 0 Å². The topological polar surface area (TPSA) is 105 Å². The van der Waals surface area contributed by atoms with E-state index in [1.807, 2.05) is 13.8 Å². The molecule has 0 aliphatic carbocycles. The second kappa shape index (κ2) is 10.9. The second-order valence-electron chi connectivity index (χ2n) is 6.04. The van der Waals surface area contributed by atoms with Gasteiger partial charge in [0, 0.05) is 5.92 Å². The highest BCUT2D eigenvalue weighted by Gasteiger charge is 2.38. The number of alkyl halides is 3. The Kier molecular flexibility index (Phi) is 10.1. The average molecular weight is 370 g/mol. The molecule has 0 aromatic heterocycles. The molecule has 1 amide bonds. The van der Waals surface area contributed by atoms with Crippen molar-refractivity contribution < 1.29 is 37.4 Å². The Morgan fingerprint density at radius 3 is 2.08 bits per heavy atom. The molecule has 0 radical (unpaired) electrons. The number of methoxy groups -OCH3 is 1. The predicted octanol–water partition coefficient (Wildman–Crippen LogP) is 1.32. The van der Waals surface area contributed by atoms with Gasteiger partial charge in [-0.25, -0.2) is 9.59 Å². The molecule has 7 nitrogen and oxygen atoms in total. The van der Waals surface area contributed by atoms with Crippen LogP contribution in [0, 0.1) is 11.8 Å². The summed E-state index contributed by atoms with van der Waals surface area (Å²) in [5.74, 6) is -2.78. The van der Waals surface area contributed by atoms with Crippen molar-refractivity contribution in [1.29, 1.82) is 0 Å². The number of ether oxygens (including phenoxy) is 1. The molecule has 25 heavy (non-hydrogen) atoms. The molecule has 3 N–H and O–H groups in total. The van der Waals surface area contributed by atoms with Crippen LogP contribution in [-0.4, -0.2) is 55.4 Å². The monoisotopic (exact) mass is 370 g/mol. The molecule has 146 valence electrons. The predicted molar refractivity (Wildman–Crippen MR) is 82.7 cm³/mol. The van der Waals surface area contributed by atoms with Crippen molar-refractivity contribution in [3.05, 3.63) is 0 Å². The van der Waals surface area contributed by atoms with Crippen LogP contribution in [0.1, 0.15) is 33.1 Å². The van der Waals surface area contributed by atoms with Gasteiger partial charge < -0.3 is 20.5 Å². The van der Waals surface area contributed by atoms with Gasteiger partial charge in [-0.05, 0) is 38.3 Å². The molecule has 1 saturated heterocycles. The van der Waals surface area contributed by atoms with Crippen molar-refractivity contribution in [3.8, 4) is 0 Å². The lowest BCUT2D eigenvalue weighted by molar-refractivity contribution is -0.192. The molecule has 1 rings (SSSR count). The molecule has 1 unspecified atom stereocenters. The number of esters is 1. The molecule has 0 aromatic rings. The van der Waals surface area contributed by atoms with E-state index in [1.54, 1.807) is 0 Å². The summed E-state index contributed by atoms with van der Waals surface area (Å²) in [4.78, 5) is 32.6. The summed E-state index contributed by atoms with van der Waals surface area (Å²) in [5.41, 5.74) is 0. The second-order valence-corrected chi connectivity index (χ2v) is 6.04. The maximum atomic E-state index is 12.1. The molecule has 0 bridgehead atoms. The third kappa shape index (κ3) is 9.90. The van der Waals surface area contributed by atoms with E-state index in [0.29, 0.717) is 12.3 Å². The number of aliphatic carboxylic acids is 1. The van der Waals surface area contributed by atoms with Crippen molar-refractivity contribution >= 4 is 17.8 Å². The number of rotatable bonds is 5. The number of nitrogens with one attached hydrogen (secondary N) is 2. The van der Waals surface area contributed by atoms with Gasteiger partial charge in [0.05, 0.1) is 7.11 Å². The van der Waals surface area contributed by atoms with Crippen molar-refractivity contribution in [2.75, 3.05) is 20.2 Å². The van der Waals surface area contributed by atoms with Crippen LogP contribution in [0.2, 0.25) is 0 Å². The highest BCUT2D eigenvalue weighted by molar-refractivity contribution is 5.85. The molecule has 1 aliphatic heterocycles. The summed E-state index contributed by atoms with van der Waals surface area (Å²) in [6.45, 7) is 5.77. The Bertz CT molecular complexity index is 449. The zero-order valence-electron chi connectivity index (χ0n) is 14.5. The Hall–Kier alpha value is -1.84. The van der Waals surface area contributed by atoms with Gasteiger partial charge in [0.25, 0.3) is 0 Å². The van der Waals surface area contributed by atoms with Gasteiger partial charge in [-0.2, -0.15) is 13.2 Å². The molecular weight excluding hydrogens is 345 g/mol. The Morgan fingerprint density at radius 2 is 1.72 bits per heavy atom. The van der Waals surface area contributed by atoms with E-state index in [4.69, 9.17) is 14.6 Å². The van der Waals surface area contributed by atoms with Crippen LogP contribution in [-0.2, 0) is 19.1 Å². The number of piperidine rings is 1. The smallest absolute Gasteiger partial charge is 0.475 e. The lowest BCUT2D eigenvalue weighted by Gasteiger charge is -2.25. The summed E-state index contributed by atoms with van der Waals surface area (Å²) in [5, 5.41) is 13.2. The fourth-order valence-corrected chi connectivity index (χ4v) is 2.20. The van der Waals surface area contributed by atoms with E-state index in [1.165, 1.54) is 7.11 Å². The van der Waals surface area contributed by atoms with Gasteiger partial charge in [-0.15, -0.1) is 0 Å². The maximum Gasteiger partial charge on any atom is 0.490 e. The van der Waals surface area contributed by atoms with Crippen molar-refractivity contribution in [1.82, 2.24) is 10.6 Å². The van der Waals surface area contributed by atoms with Crippen molar-refractivity contribution in [2.45, 2.75) is 45.3 Å². The van der Waals surface area contributed by atoms with E-state index in [9.17, 15) is 22.8 Å². The summed E-state index contributed by atoms with van der Waals surface area (Å²) in [6.07, 6.45) is -2.80. The lowest BCUT2D eigenvalue weighted by Crippen LogP contribution is -2.46. The van der Waals surface area contributed by atoms with Crippen LogP contribution in [0.3, 0.4) is 0 Å². The third-order valence-electron chi connectivity index (χ3n) is 3.46. The SMILES string of the molecule is COC(=O)C(CC(C)C)NC(=O)C1CCNCC1.O=C(O)C(F)(F)F. The van der Waals surface area contributed by atoms with E-state index >= 15 is 0 Å². The fraction of sp³-hybridized carbons (Fsp3) is 0.800. The van der Waals surface area contributed by atoms with Crippen molar-refractivity contribution in [2.24, 2.45) is 11.8 Å². The molecule has 10 heteroatoms. The van der Waals surface area contributed by atoms with Gasteiger partial charge in [-0.1, -0.05) is 13.8 Å². The molecule has 1 atom stereocenters. The minimum Gasteiger partial charge on any atom is -0.475 e. The Labute approximate surface area is 144 Å². The van der Waals surface area contributed by atoms with Crippen LogP contribution >= 0.6 is 0 Å². The maximum absolute atomic E-state index is 12.1. The average Bonchev–Trinajstić information content (AvgIpc) is 2.53. The quantitative estimate of drug-likeness (QED) is 0.631. The summed E-state index contributed by atoms with van der Waals surface area (Å²) >= 11 is 0. The minimum absolute atomic E-state index is 0.0190. The standard InChI is InChI=1S/C13H24N2O3.C2HF3O2/c1-9(2)8-11(13(17)18-3)15-12(16)10-4-6-14-7-5-10;3-2(4,5)1(6)7/h9-11,14H,4-8H2,1-3H3,(H,15,16);(H,6,7). The molecule has 0 spiro atoms. The molecule has 0 aromatic carbocycles. The van der Waals surface area contributed by atoms with E-state index in [0.717, 1.165) is 25.9 Å². The van der Waals surface area contributed by atoms with E-state index in [-0.39, 0.29) is 17.8 Å². The third-order valence-corrected chi connectivity index (χ3v) is 3.46. The summed E-state index contributed by atoms with van der Waals surface area (Å²) in [7, 11) is 1.35. The molecule has 1 heterocycles. The first-order chi connectivity index (χ1) is 11.5. The highest BCUT2D eigenvalue weighted by Crippen LogP contribution is 2.14. The van der Waals surface area contributed by atoms with Crippen LogP contribution in [0.4, 0.5) is 13.2 Å². The summed E-state index contributed by atoms with van der Waals surface area (Å²) < 4.78 is 36.5. The van der Waals surface area contributed by atoms with Gasteiger partial charge in [0.1, 0.15) is 6.04 Å². The van der Waals surface area contributed by atoms with Gasteiger partial charge >= 0.3 is 18.1 Å². The number of carboxylic acid groups (broad SMARTS) is 1. The first-order valence-electron chi connectivity index (χ1n) is 7.88. The van der Waals surface area contributed by atoms with Crippen LogP contribution in [0.15, 0.2) is 0 Å². The number of amides is 1. The van der Waals surface area contributed by atoms with Gasteiger partial charge in [-0.3, -0.25) is 4.79 Å². The van der Waals surface area contributed by atoms with Crippen LogP contribution < -0.4 is 10.6 Å². The zero-order valence-corrected chi connectivity index (χ0v) is 14.5. The molecular formula is C15H25F3N2O5. The fourth-order valence-electron chi connectivity index (χ4n) is 2.20. The normalized spacial score (nSPS) is 16.4. The first kappa shape index (κ1) is 23.2. The first-order valence-corrected chi connectivity index (χ1v) is 7.88. The van der Waals surface area contributed by atoms with Gasteiger partial charge in [0.15, 0.2) is 0 Å². The number of carboxylic acids is 1. The highest BCUT2D eigenvalue weighted by atomic mass is 19.4. The molecule has 0 saturated carbocycles. The number of carbonyl (C=O) groups is 3. The number of hydrogen-bond donors (Lipinski definition) is 3. The van der Waals surface area contributed by atoms with E-state index in [2.05, 4.69) is 10.6 Å². The zero-order chi connectivity index (χ0) is 19.6. The van der Waals surface area contributed by atoms with Gasteiger partial charge in [0.2, 0.25) is 5.91 Å². The van der Waals surface area contributed by atoms with E-state index < -0.39 is 18.2 Å². The van der Waals surface area contributed by atoms with Crippen molar-refractivity contribution in [3.63, 3.8) is 0 Å². The number of halogens is 3. The number of carbonyl (C=O) groups excluding carboxylic acids is 2. The molecule has 1 aliphatic rings. The number of hydrogen-bond acceptors (Lipinski definition) is 5. The largest absolute Gasteiger partial charge is 0.490 e. The summed E-state index contributed by atoms with van der Waals surface area (Å²) in [6, 6.07) is -0.516. The molecule has 1 fully saturated rings. The Morgan fingerprint density at radius 1 is 1.24 bits per heavy atom. The van der Waals surface area contributed by atoms with Crippen LogP contribution in [0.5, 0.6) is 0 Å².